The molecule has 0 bridgehead atoms. The van der Waals surface area contributed by atoms with Crippen molar-refractivity contribution in [1.29, 1.82) is 0 Å². The summed E-state index contributed by atoms with van der Waals surface area (Å²) in [6, 6.07) is 18.7. The minimum absolute atomic E-state index is 0.719. The molecule has 0 aliphatic carbocycles. The average Bonchev–Trinajstić information content (AvgIpc) is 2.58. The summed E-state index contributed by atoms with van der Waals surface area (Å²) in [6.45, 7) is 6.95. The van der Waals surface area contributed by atoms with Crippen LogP contribution in [0.2, 0.25) is 0 Å². The smallest absolute Gasteiger partial charge is 0.227 e. The molecule has 1 N–H and O–H groups in total. The number of nitrogens with one attached hydrogen (secondary N) is 1. The average molecular weight is 332 g/mol. The Morgan fingerprint density at radius 2 is 1.68 bits per heavy atom. The molecule has 0 fully saturated rings. The van der Waals surface area contributed by atoms with Crippen LogP contribution in [0.5, 0.6) is 0 Å². The monoisotopic (exact) mass is 332 g/mol. The van der Waals surface area contributed by atoms with Crippen molar-refractivity contribution >= 4 is 17.5 Å². The Balaban J connectivity index is 1.84. The molecule has 0 amide bonds. The van der Waals surface area contributed by atoms with Crippen molar-refractivity contribution in [2.45, 2.75) is 27.3 Å². The van der Waals surface area contributed by atoms with Crippen molar-refractivity contribution in [3.05, 3.63) is 77.0 Å². The lowest BCUT2D eigenvalue weighted by Crippen LogP contribution is -2.19. The van der Waals surface area contributed by atoms with Gasteiger partial charge < -0.3 is 10.2 Å². The second-order valence-corrected chi connectivity index (χ2v) is 6.48. The molecule has 1 aromatic heterocycles. The van der Waals surface area contributed by atoms with Gasteiger partial charge in [-0.15, -0.1) is 0 Å². The molecule has 25 heavy (non-hydrogen) atoms. The Morgan fingerprint density at radius 3 is 2.44 bits per heavy atom. The van der Waals surface area contributed by atoms with Crippen molar-refractivity contribution in [2.24, 2.45) is 0 Å². The van der Waals surface area contributed by atoms with E-state index < -0.39 is 0 Å². The van der Waals surface area contributed by atoms with E-state index in [-0.39, 0.29) is 0 Å². The summed E-state index contributed by atoms with van der Waals surface area (Å²) in [7, 11) is 2.02. The second-order valence-electron chi connectivity index (χ2n) is 6.48. The van der Waals surface area contributed by atoms with E-state index in [9.17, 15) is 0 Å². The third-order valence-electron chi connectivity index (χ3n) is 4.10. The normalized spacial score (nSPS) is 10.6. The molecule has 0 aliphatic rings. The van der Waals surface area contributed by atoms with E-state index in [0.717, 1.165) is 29.7 Å². The second kappa shape index (κ2) is 7.34. The SMILES string of the molecule is Cc1ccc(C)c(Nc2cc(C)nc(N(C)Cc3ccccc3)n2)c1. The molecule has 0 radical (unpaired) electrons. The fourth-order valence-electron chi connectivity index (χ4n) is 2.72. The highest BCUT2D eigenvalue weighted by atomic mass is 15.2. The van der Waals surface area contributed by atoms with E-state index >= 15 is 0 Å². The Morgan fingerprint density at radius 1 is 0.920 bits per heavy atom. The number of anilines is 3. The fourth-order valence-corrected chi connectivity index (χ4v) is 2.72. The molecule has 0 saturated carbocycles. The maximum absolute atomic E-state index is 4.70. The highest BCUT2D eigenvalue weighted by molar-refractivity contribution is 5.62. The Labute approximate surface area is 149 Å². The molecule has 3 rings (SSSR count). The Hall–Kier alpha value is -2.88. The largest absolute Gasteiger partial charge is 0.340 e. The molecular weight excluding hydrogens is 308 g/mol. The van der Waals surface area contributed by atoms with E-state index in [0.29, 0.717) is 0 Å². The van der Waals surface area contributed by atoms with Crippen LogP contribution in [0, 0.1) is 20.8 Å². The van der Waals surface area contributed by atoms with Crippen LogP contribution in [-0.2, 0) is 6.54 Å². The summed E-state index contributed by atoms with van der Waals surface area (Å²) in [6.07, 6.45) is 0. The van der Waals surface area contributed by atoms with E-state index in [1.807, 2.05) is 38.2 Å². The van der Waals surface area contributed by atoms with E-state index in [1.165, 1.54) is 16.7 Å². The first kappa shape index (κ1) is 17.0. The summed E-state index contributed by atoms with van der Waals surface area (Å²) in [4.78, 5) is 11.4. The van der Waals surface area contributed by atoms with Crippen molar-refractivity contribution in [1.82, 2.24) is 9.97 Å². The number of benzene rings is 2. The van der Waals surface area contributed by atoms with Gasteiger partial charge in [0.05, 0.1) is 0 Å². The van der Waals surface area contributed by atoms with Crippen LogP contribution in [0.4, 0.5) is 17.5 Å². The number of aromatic nitrogens is 2. The van der Waals surface area contributed by atoms with Gasteiger partial charge in [-0.1, -0.05) is 42.5 Å². The first-order valence-electron chi connectivity index (χ1n) is 8.46. The predicted molar refractivity (Wildman–Crippen MR) is 105 cm³/mol. The first-order chi connectivity index (χ1) is 12.0. The van der Waals surface area contributed by atoms with Crippen LogP contribution in [0.25, 0.3) is 0 Å². The first-order valence-corrected chi connectivity index (χ1v) is 8.46. The van der Waals surface area contributed by atoms with Crippen molar-refractivity contribution < 1.29 is 0 Å². The lowest BCUT2D eigenvalue weighted by atomic mass is 10.1. The highest BCUT2D eigenvalue weighted by Crippen LogP contribution is 2.22. The van der Waals surface area contributed by atoms with Crippen LogP contribution in [0.1, 0.15) is 22.4 Å². The van der Waals surface area contributed by atoms with Gasteiger partial charge in [-0.3, -0.25) is 0 Å². The summed E-state index contributed by atoms with van der Waals surface area (Å²) < 4.78 is 0. The lowest BCUT2D eigenvalue weighted by molar-refractivity contribution is 0.861. The summed E-state index contributed by atoms with van der Waals surface area (Å²) in [5.74, 6) is 1.53. The zero-order valence-corrected chi connectivity index (χ0v) is 15.2. The molecule has 0 saturated heterocycles. The van der Waals surface area contributed by atoms with Crippen molar-refractivity contribution in [2.75, 3.05) is 17.3 Å². The maximum atomic E-state index is 4.70. The molecule has 0 aliphatic heterocycles. The van der Waals surface area contributed by atoms with Crippen LogP contribution < -0.4 is 10.2 Å². The summed E-state index contributed by atoms with van der Waals surface area (Å²) in [5.41, 5.74) is 5.67. The molecule has 2 aromatic carbocycles. The van der Waals surface area contributed by atoms with Gasteiger partial charge in [-0.25, -0.2) is 4.98 Å². The highest BCUT2D eigenvalue weighted by Gasteiger charge is 2.09. The number of nitrogens with zero attached hydrogens (tertiary/aromatic N) is 3. The van der Waals surface area contributed by atoms with Gasteiger partial charge in [0.25, 0.3) is 0 Å². The van der Waals surface area contributed by atoms with Crippen LogP contribution in [0.15, 0.2) is 54.6 Å². The van der Waals surface area contributed by atoms with Crippen LogP contribution in [-0.4, -0.2) is 17.0 Å². The number of rotatable bonds is 5. The molecule has 0 spiro atoms. The summed E-state index contributed by atoms with van der Waals surface area (Å²) >= 11 is 0. The lowest BCUT2D eigenvalue weighted by Gasteiger charge is -2.19. The van der Waals surface area contributed by atoms with Gasteiger partial charge in [0.1, 0.15) is 5.82 Å². The van der Waals surface area contributed by atoms with Crippen LogP contribution in [0.3, 0.4) is 0 Å². The number of hydrogen-bond donors (Lipinski definition) is 1. The van der Waals surface area contributed by atoms with E-state index in [1.54, 1.807) is 0 Å². The third-order valence-corrected chi connectivity index (χ3v) is 4.10. The quantitative estimate of drug-likeness (QED) is 0.730. The minimum atomic E-state index is 0.719. The van der Waals surface area contributed by atoms with Crippen molar-refractivity contribution in [3.8, 4) is 0 Å². The molecule has 128 valence electrons. The zero-order valence-electron chi connectivity index (χ0n) is 15.2. The van der Waals surface area contributed by atoms with Gasteiger partial charge in [0.2, 0.25) is 5.95 Å². The number of hydrogen-bond acceptors (Lipinski definition) is 4. The maximum Gasteiger partial charge on any atom is 0.227 e. The molecule has 0 unspecified atom stereocenters. The van der Waals surface area contributed by atoms with Crippen LogP contribution >= 0.6 is 0 Å². The van der Waals surface area contributed by atoms with E-state index in [2.05, 4.69) is 59.4 Å². The molecular formula is C21H24N4. The molecule has 0 atom stereocenters. The Kier molecular flexibility index (Phi) is 4.98. The molecule has 3 aromatic rings. The predicted octanol–water partition coefficient (Wildman–Crippen LogP) is 4.78. The summed E-state index contributed by atoms with van der Waals surface area (Å²) in [5, 5.41) is 3.44. The third kappa shape index (κ3) is 4.35. The van der Waals surface area contributed by atoms with E-state index in [4.69, 9.17) is 4.98 Å². The van der Waals surface area contributed by atoms with Gasteiger partial charge in [-0.2, -0.15) is 4.98 Å². The molecule has 1 heterocycles. The van der Waals surface area contributed by atoms with Gasteiger partial charge in [0.15, 0.2) is 0 Å². The fraction of sp³-hybridized carbons (Fsp3) is 0.238. The molecule has 4 heteroatoms. The van der Waals surface area contributed by atoms with Crippen molar-refractivity contribution in [3.63, 3.8) is 0 Å². The topological polar surface area (TPSA) is 41.1 Å². The van der Waals surface area contributed by atoms with Gasteiger partial charge in [-0.05, 0) is 43.5 Å². The van der Waals surface area contributed by atoms with Gasteiger partial charge >= 0.3 is 0 Å². The Bertz CT molecular complexity index is 859. The minimum Gasteiger partial charge on any atom is -0.340 e. The molecule has 4 nitrogen and oxygen atoms in total. The van der Waals surface area contributed by atoms with Gasteiger partial charge in [0, 0.05) is 31.0 Å². The number of aryl methyl sites for hydroxylation is 3. The zero-order chi connectivity index (χ0) is 17.8. The standard InChI is InChI=1S/C21H24N4/c1-15-10-11-16(2)19(12-15)23-20-13-17(3)22-21(24-20)25(4)14-18-8-6-5-7-9-18/h5-13H,14H2,1-4H3,(H,22,23,24).